The van der Waals surface area contributed by atoms with Crippen LogP contribution in [0.4, 0.5) is 0 Å². The van der Waals surface area contributed by atoms with Gasteiger partial charge in [0.1, 0.15) is 10.8 Å². The maximum Gasteiger partial charge on any atom is 0.316 e. The number of hydrogen-bond donors (Lipinski definition) is 0. The van der Waals surface area contributed by atoms with Gasteiger partial charge >= 0.3 is 5.56 Å². The Morgan fingerprint density at radius 1 is 0.906 bits per heavy atom. The first kappa shape index (κ1) is 24.1. The Bertz CT molecular complexity index is 1130. The zero-order valence-corrected chi connectivity index (χ0v) is 21.0. The Labute approximate surface area is 196 Å². The highest BCUT2D eigenvalue weighted by atomic mass is 35.5. The second kappa shape index (κ2) is 8.74. The molecule has 3 aromatic rings. The Hall–Kier alpha value is -2.59. The predicted octanol–water partition coefficient (Wildman–Crippen LogP) is 7.40. The molecule has 5 heteroatoms. The molecule has 0 fully saturated rings. The molecular weight excluding hydrogens is 420 g/mol. The van der Waals surface area contributed by atoms with Gasteiger partial charge in [0.2, 0.25) is 5.75 Å². The van der Waals surface area contributed by atoms with E-state index >= 15 is 0 Å². The minimum absolute atomic E-state index is 0.0697. The van der Waals surface area contributed by atoms with Crippen molar-refractivity contribution in [2.45, 2.75) is 72.1 Å². The standard InChI is InChI=1S/C27H33ClN2O2/c1-17(2)18-9-11-21(12-10-18)30-25(31)24(23(28)16-29-30)32-22-14-19(26(3,4)5)13-20(15-22)27(6,7)8/h9-17H,1-8H3. The lowest BCUT2D eigenvalue weighted by Gasteiger charge is -2.26. The molecule has 4 nitrogen and oxygen atoms in total. The zero-order valence-electron chi connectivity index (χ0n) is 20.3. The van der Waals surface area contributed by atoms with Crippen molar-refractivity contribution in [1.29, 1.82) is 0 Å². The summed E-state index contributed by atoms with van der Waals surface area (Å²) in [6.07, 6.45) is 1.45. The minimum atomic E-state index is -0.395. The van der Waals surface area contributed by atoms with Crippen molar-refractivity contribution >= 4 is 11.6 Å². The molecule has 0 aliphatic rings. The van der Waals surface area contributed by atoms with Crippen molar-refractivity contribution in [2.24, 2.45) is 0 Å². The summed E-state index contributed by atoms with van der Waals surface area (Å²) in [4.78, 5) is 13.3. The van der Waals surface area contributed by atoms with Gasteiger partial charge in [-0.25, -0.2) is 0 Å². The summed E-state index contributed by atoms with van der Waals surface area (Å²) >= 11 is 6.36. The van der Waals surface area contributed by atoms with Gasteiger partial charge in [-0.1, -0.05) is 85.2 Å². The van der Waals surface area contributed by atoms with Gasteiger partial charge < -0.3 is 4.74 Å². The van der Waals surface area contributed by atoms with Gasteiger partial charge in [0.15, 0.2) is 0 Å². The zero-order chi connectivity index (χ0) is 23.8. The molecule has 170 valence electrons. The summed E-state index contributed by atoms with van der Waals surface area (Å²) < 4.78 is 7.45. The molecule has 0 bridgehead atoms. The molecule has 0 saturated heterocycles. The predicted molar refractivity (Wildman–Crippen MR) is 133 cm³/mol. The van der Waals surface area contributed by atoms with E-state index in [2.05, 4.69) is 66.6 Å². The molecule has 0 atom stereocenters. The van der Waals surface area contributed by atoms with Crippen molar-refractivity contribution in [3.8, 4) is 17.2 Å². The van der Waals surface area contributed by atoms with Crippen LogP contribution in [0.3, 0.4) is 0 Å². The number of rotatable bonds is 4. The van der Waals surface area contributed by atoms with E-state index in [0.717, 1.165) is 11.1 Å². The number of nitrogens with zero attached hydrogens (tertiary/aromatic N) is 2. The summed E-state index contributed by atoms with van der Waals surface area (Å²) in [5.74, 6) is 1.07. The van der Waals surface area contributed by atoms with E-state index in [1.165, 1.54) is 16.4 Å². The second-order valence-corrected chi connectivity index (χ2v) is 11.0. The van der Waals surface area contributed by atoms with Crippen LogP contribution in [-0.2, 0) is 10.8 Å². The SMILES string of the molecule is CC(C)c1ccc(-n2ncc(Cl)c(Oc3cc(C(C)(C)C)cc(C(C)(C)C)c3)c2=O)cc1. The summed E-state index contributed by atoms with van der Waals surface area (Å²) in [6.45, 7) is 17.2. The van der Waals surface area contributed by atoms with Crippen LogP contribution < -0.4 is 10.3 Å². The summed E-state index contributed by atoms with van der Waals surface area (Å²) in [6, 6.07) is 14.0. The van der Waals surface area contributed by atoms with Crippen LogP contribution in [0.25, 0.3) is 5.69 Å². The average Bonchev–Trinajstić information content (AvgIpc) is 2.70. The average molecular weight is 453 g/mol. The van der Waals surface area contributed by atoms with Crippen molar-refractivity contribution in [2.75, 3.05) is 0 Å². The van der Waals surface area contributed by atoms with Crippen LogP contribution in [0.15, 0.2) is 53.5 Å². The summed E-state index contributed by atoms with van der Waals surface area (Å²) in [7, 11) is 0. The lowest BCUT2D eigenvalue weighted by molar-refractivity contribution is 0.460. The summed E-state index contributed by atoms with van der Waals surface area (Å²) in [5.41, 5.74) is 3.60. The fourth-order valence-corrected chi connectivity index (χ4v) is 3.50. The Morgan fingerprint density at radius 2 is 1.44 bits per heavy atom. The van der Waals surface area contributed by atoms with E-state index in [1.807, 2.05) is 36.4 Å². The topological polar surface area (TPSA) is 44.1 Å². The number of aromatic nitrogens is 2. The quantitative estimate of drug-likeness (QED) is 0.414. The number of hydrogen-bond acceptors (Lipinski definition) is 3. The molecule has 0 aliphatic heterocycles. The largest absolute Gasteiger partial charge is 0.450 e. The molecule has 3 rings (SSSR count). The van der Waals surface area contributed by atoms with E-state index in [0.29, 0.717) is 17.4 Å². The van der Waals surface area contributed by atoms with Crippen molar-refractivity contribution < 1.29 is 4.74 Å². The molecule has 0 amide bonds. The third-order valence-electron chi connectivity index (χ3n) is 5.55. The fourth-order valence-electron chi connectivity index (χ4n) is 3.34. The first-order chi connectivity index (χ1) is 14.8. The molecule has 2 aromatic carbocycles. The number of benzene rings is 2. The van der Waals surface area contributed by atoms with E-state index in [9.17, 15) is 4.79 Å². The fraction of sp³-hybridized carbons (Fsp3) is 0.407. The highest BCUT2D eigenvalue weighted by molar-refractivity contribution is 6.31. The molecule has 32 heavy (non-hydrogen) atoms. The molecule has 0 saturated carbocycles. The molecule has 0 N–H and O–H groups in total. The van der Waals surface area contributed by atoms with Crippen LogP contribution in [0.2, 0.25) is 5.02 Å². The minimum Gasteiger partial charge on any atom is -0.450 e. The maximum absolute atomic E-state index is 13.3. The third kappa shape index (κ3) is 5.24. The molecule has 0 radical (unpaired) electrons. The van der Waals surface area contributed by atoms with E-state index in [4.69, 9.17) is 16.3 Å². The van der Waals surface area contributed by atoms with Crippen LogP contribution >= 0.6 is 11.6 Å². The first-order valence-corrected chi connectivity index (χ1v) is 11.4. The Balaban J connectivity index is 2.08. The van der Waals surface area contributed by atoms with Gasteiger partial charge in [-0.2, -0.15) is 9.78 Å². The van der Waals surface area contributed by atoms with Gasteiger partial charge in [-0.05, 0) is 57.7 Å². The Morgan fingerprint density at radius 3 is 1.91 bits per heavy atom. The lowest BCUT2D eigenvalue weighted by Crippen LogP contribution is -2.22. The van der Waals surface area contributed by atoms with E-state index in [1.54, 1.807) is 0 Å². The van der Waals surface area contributed by atoms with Crippen LogP contribution in [-0.4, -0.2) is 9.78 Å². The number of ether oxygens (including phenoxy) is 1. The Kier molecular flexibility index (Phi) is 6.57. The van der Waals surface area contributed by atoms with Crippen LogP contribution in [0.1, 0.15) is 78.0 Å². The molecule has 1 heterocycles. The first-order valence-electron chi connectivity index (χ1n) is 11.0. The normalized spacial score (nSPS) is 12.3. The van der Waals surface area contributed by atoms with Crippen molar-refractivity contribution in [3.05, 3.63) is 80.7 Å². The van der Waals surface area contributed by atoms with Gasteiger partial charge in [-0.15, -0.1) is 0 Å². The van der Waals surface area contributed by atoms with E-state index < -0.39 is 5.56 Å². The van der Waals surface area contributed by atoms with Gasteiger partial charge in [0.05, 0.1) is 11.9 Å². The van der Waals surface area contributed by atoms with Gasteiger partial charge in [0.25, 0.3) is 0 Å². The summed E-state index contributed by atoms with van der Waals surface area (Å²) in [5, 5.41) is 4.41. The van der Waals surface area contributed by atoms with E-state index in [-0.39, 0.29) is 21.6 Å². The van der Waals surface area contributed by atoms with Crippen LogP contribution in [0.5, 0.6) is 11.5 Å². The maximum atomic E-state index is 13.3. The molecule has 1 aromatic heterocycles. The number of halogens is 1. The van der Waals surface area contributed by atoms with Crippen molar-refractivity contribution in [3.63, 3.8) is 0 Å². The van der Waals surface area contributed by atoms with Gasteiger partial charge in [-0.3, -0.25) is 4.79 Å². The monoisotopic (exact) mass is 452 g/mol. The molecule has 0 aliphatic carbocycles. The van der Waals surface area contributed by atoms with Gasteiger partial charge in [0, 0.05) is 0 Å². The molecule has 0 unspecified atom stereocenters. The molecular formula is C27H33ClN2O2. The smallest absolute Gasteiger partial charge is 0.316 e. The highest BCUT2D eigenvalue weighted by Gasteiger charge is 2.22. The van der Waals surface area contributed by atoms with Crippen molar-refractivity contribution in [1.82, 2.24) is 9.78 Å². The van der Waals surface area contributed by atoms with Crippen LogP contribution in [0, 0.1) is 0 Å². The lowest BCUT2D eigenvalue weighted by atomic mass is 9.80. The molecule has 0 spiro atoms. The highest BCUT2D eigenvalue weighted by Crippen LogP contribution is 2.35. The third-order valence-corrected chi connectivity index (χ3v) is 5.82. The second-order valence-electron chi connectivity index (χ2n) is 10.6.